The summed E-state index contributed by atoms with van der Waals surface area (Å²) < 4.78 is 35.5. The maximum atomic E-state index is 12.1. The van der Waals surface area contributed by atoms with Crippen LogP contribution in [-0.4, -0.2) is 56.9 Å². The second-order valence-electron chi connectivity index (χ2n) is 4.94. The van der Waals surface area contributed by atoms with Crippen LogP contribution in [0.2, 0.25) is 0 Å². The highest BCUT2D eigenvalue weighted by molar-refractivity contribution is 7.89. The molecule has 0 aliphatic carbocycles. The van der Waals surface area contributed by atoms with Gasteiger partial charge in [-0.25, -0.2) is 8.42 Å². The molecule has 0 saturated carbocycles. The molecular formula is C11H21NO5S. The molecule has 1 heterocycles. The third-order valence-electron chi connectivity index (χ3n) is 2.79. The zero-order chi connectivity index (χ0) is 13.8. The Morgan fingerprint density at radius 1 is 1.44 bits per heavy atom. The lowest BCUT2D eigenvalue weighted by Crippen LogP contribution is -2.51. The molecule has 6 nitrogen and oxygen atoms in total. The van der Waals surface area contributed by atoms with Gasteiger partial charge in [-0.1, -0.05) is 0 Å². The molecule has 1 saturated heterocycles. The van der Waals surface area contributed by atoms with Crippen LogP contribution in [-0.2, 0) is 24.3 Å². The van der Waals surface area contributed by atoms with E-state index in [0.29, 0.717) is 19.7 Å². The first-order valence-corrected chi connectivity index (χ1v) is 7.56. The van der Waals surface area contributed by atoms with E-state index in [1.54, 1.807) is 0 Å². The SMILES string of the molecule is COC(=O)CCCS(=O)(=O)N1CCOC(C)(C)C1. The number of nitrogens with zero attached hydrogens (tertiary/aromatic N) is 1. The molecule has 1 aliphatic rings. The smallest absolute Gasteiger partial charge is 0.305 e. The molecule has 0 amide bonds. The number of rotatable bonds is 5. The Balaban J connectivity index is 2.50. The molecule has 0 bridgehead atoms. The van der Waals surface area contributed by atoms with Crippen LogP contribution in [0.25, 0.3) is 0 Å². The van der Waals surface area contributed by atoms with Crippen molar-refractivity contribution in [3.8, 4) is 0 Å². The van der Waals surface area contributed by atoms with E-state index in [1.165, 1.54) is 11.4 Å². The molecule has 0 aromatic rings. The summed E-state index contributed by atoms with van der Waals surface area (Å²) in [5.74, 6) is -0.412. The Kier molecular flexibility index (Phi) is 5.12. The quantitative estimate of drug-likeness (QED) is 0.680. The molecule has 1 fully saturated rings. The molecule has 0 N–H and O–H groups in total. The number of ether oxygens (including phenoxy) is 2. The van der Waals surface area contributed by atoms with Gasteiger partial charge >= 0.3 is 5.97 Å². The monoisotopic (exact) mass is 279 g/mol. The van der Waals surface area contributed by atoms with Crippen LogP contribution in [0.5, 0.6) is 0 Å². The summed E-state index contributed by atoms with van der Waals surface area (Å²) in [4.78, 5) is 10.9. The zero-order valence-electron chi connectivity index (χ0n) is 11.1. The first-order chi connectivity index (χ1) is 8.27. The number of methoxy groups -OCH3 is 1. The van der Waals surface area contributed by atoms with Crippen LogP contribution in [0, 0.1) is 0 Å². The fraction of sp³-hybridized carbons (Fsp3) is 0.909. The Hall–Kier alpha value is -0.660. The Labute approximate surface area is 108 Å². The van der Waals surface area contributed by atoms with Gasteiger partial charge in [0, 0.05) is 19.5 Å². The number of hydrogen-bond acceptors (Lipinski definition) is 5. The number of esters is 1. The molecule has 0 unspecified atom stereocenters. The van der Waals surface area contributed by atoms with Crippen LogP contribution in [0.15, 0.2) is 0 Å². The van der Waals surface area contributed by atoms with Gasteiger partial charge < -0.3 is 9.47 Å². The molecule has 1 rings (SSSR count). The van der Waals surface area contributed by atoms with Gasteiger partial charge in [0.1, 0.15) is 0 Å². The van der Waals surface area contributed by atoms with Gasteiger partial charge in [0.05, 0.1) is 25.1 Å². The minimum absolute atomic E-state index is 0.0296. The molecular weight excluding hydrogens is 258 g/mol. The van der Waals surface area contributed by atoms with E-state index >= 15 is 0 Å². The molecule has 0 aromatic carbocycles. The van der Waals surface area contributed by atoms with E-state index in [-0.39, 0.29) is 24.6 Å². The van der Waals surface area contributed by atoms with E-state index in [9.17, 15) is 13.2 Å². The maximum Gasteiger partial charge on any atom is 0.305 e. The predicted octanol–water partition coefficient (Wildman–Crippen LogP) is 0.380. The number of carbonyl (C=O) groups is 1. The largest absolute Gasteiger partial charge is 0.469 e. The molecule has 18 heavy (non-hydrogen) atoms. The van der Waals surface area contributed by atoms with Crippen LogP contribution < -0.4 is 0 Å². The highest BCUT2D eigenvalue weighted by Gasteiger charge is 2.33. The van der Waals surface area contributed by atoms with Gasteiger partial charge in [0.15, 0.2) is 0 Å². The van der Waals surface area contributed by atoms with Crippen molar-refractivity contribution in [3.05, 3.63) is 0 Å². The van der Waals surface area contributed by atoms with Gasteiger partial charge in [-0.2, -0.15) is 4.31 Å². The van der Waals surface area contributed by atoms with Crippen molar-refractivity contribution in [1.29, 1.82) is 0 Å². The summed E-state index contributed by atoms with van der Waals surface area (Å²) in [7, 11) is -2.02. The van der Waals surface area contributed by atoms with Crippen LogP contribution in [0.3, 0.4) is 0 Å². The fourth-order valence-electron chi connectivity index (χ4n) is 1.84. The van der Waals surface area contributed by atoms with Crippen molar-refractivity contribution >= 4 is 16.0 Å². The molecule has 0 spiro atoms. The minimum atomic E-state index is -3.31. The van der Waals surface area contributed by atoms with E-state index in [2.05, 4.69) is 4.74 Å². The first kappa shape index (κ1) is 15.4. The summed E-state index contributed by atoms with van der Waals surface area (Å²) in [6, 6.07) is 0. The van der Waals surface area contributed by atoms with Crippen LogP contribution in [0.1, 0.15) is 26.7 Å². The summed E-state index contributed by atoms with van der Waals surface area (Å²) in [5, 5.41) is 0. The van der Waals surface area contributed by atoms with Crippen LogP contribution >= 0.6 is 0 Å². The van der Waals surface area contributed by atoms with Crippen molar-refractivity contribution < 1.29 is 22.7 Å². The molecule has 0 radical (unpaired) electrons. The van der Waals surface area contributed by atoms with Gasteiger partial charge in [0.2, 0.25) is 10.0 Å². The Morgan fingerprint density at radius 3 is 2.67 bits per heavy atom. The molecule has 0 atom stereocenters. The second kappa shape index (κ2) is 5.99. The molecule has 0 aromatic heterocycles. The third kappa shape index (κ3) is 4.55. The summed E-state index contributed by atoms with van der Waals surface area (Å²) in [6.45, 7) is 4.87. The highest BCUT2D eigenvalue weighted by atomic mass is 32.2. The topological polar surface area (TPSA) is 72.9 Å². The average molecular weight is 279 g/mol. The summed E-state index contributed by atoms with van der Waals surface area (Å²) >= 11 is 0. The van der Waals surface area contributed by atoms with Crippen molar-refractivity contribution in [3.63, 3.8) is 0 Å². The fourth-order valence-corrected chi connectivity index (χ4v) is 3.47. The van der Waals surface area contributed by atoms with Gasteiger partial charge in [-0.05, 0) is 20.3 Å². The zero-order valence-corrected chi connectivity index (χ0v) is 12.0. The predicted molar refractivity (Wildman–Crippen MR) is 66.6 cm³/mol. The summed E-state index contributed by atoms with van der Waals surface area (Å²) in [5.41, 5.74) is -0.451. The van der Waals surface area contributed by atoms with Crippen molar-refractivity contribution in [2.24, 2.45) is 0 Å². The first-order valence-electron chi connectivity index (χ1n) is 5.95. The Bertz CT molecular complexity index is 390. The van der Waals surface area contributed by atoms with E-state index in [1.807, 2.05) is 13.8 Å². The Morgan fingerprint density at radius 2 is 2.11 bits per heavy atom. The van der Waals surface area contributed by atoms with E-state index in [4.69, 9.17) is 4.74 Å². The number of carbonyl (C=O) groups excluding carboxylic acids is 1. The molecule has 1 aliphatic heterocycles. The third-order valence-corrected chi connectivity index (χ3v) is 4.70. The lowest BCUT2D eigenvalue weighted by atomic mass is 10.1. The van der Waals surface area contributed by atoms with Gasteiger partial charge in [-0.15, -0.1) is 0 Å². The van der Waals surface area contributed by atoms with Crippen LogP contribution in [0.4, 0.5) is 0 Å². The average Bonchev–Trinajstić information content (AvgIpc) is 2.27. The van der Waals surface area contributed by atoms with Crippen molar-refractivity contribution in [2.75, 3.05) is 32.6 Å². The highest BCUT2D eigenvalue weighted by Crippen LogP contribution is 2.19. The lowest BCUT2D eigenvalue weighted by molar-refractivity contribution is -0.140. The van der Waals surface area contributed by atoms with E-state index < -0.39 is 15.6 Å². The van der Waals surface area contributed by atoms with Crippen molar-refractivity contribution in [2.45, 2.75) is 32.3 Å². The standard InChI is InChI=1S/C11H21NO5S/c1-11(2)9-12(6-7-17-11)18(14,15)8-4-5-10(13)16-3/h4-9H2,1-3H3. The number of hydrogen-bond donors (Lipinski definition) is 0. The van der Waals surface area contributed by atoms with Crippen molar-refractivity contribution in [1.82, 2.24) is 4.31 Å². The normalized spacial score (nSPS) is 20.6. The maximum absolute atomic E-state index is 12.1. The lowest BCUT2D eigenvalue weighted by Gasteiger charge is -2.37. The van der Waals surface area contributed by atoms with Gasteiger partial charge in [-0.3, -0.25) is 4.79 Å². The molecule has 7 heteroatoms. The number of morpholine rings is 1. The minimum Gasteiger partial charge on any atom is -0.469 e. The second-order valence-corrected chi connectivity index (χ2v) is 7.03. The summed E-state index contributed by atoms with van der Waals surface area (Å²) in [6.07, 6.45) is 0.413. The van der Waals surface area contributed by atoms with E-state index in [0.717, 1.165) is 0 Å². The molecule has 106 valence electrons. The van der Waals surface area contributed by atoms with Gasteiger partial charge in [0.25, 0.3) is 0 Å². The number of sulfonamides is 1.